The second kappa shape index (κ2) is 3.04. The first-order valence-electron chi connectivity index (χ1n) is 3.06. The lowest BCUT2D eigenvalue weighted by Gasteiger charge is -2.08. The van der Waals surface area contributed by atoms with Crippen molar-refractivity contribution in [2.45, 2.75) is 0 Å². The number of hydrogen-bond donors (Lipinski definition) is 0. The van der Waals surface area contributed by atoms with Gasteiger partial charge in [-0.3, -0.25) is 0 Å². The standard InChI is InChI=1S/C6H10N2O2S/c1-8-7-4-5(11(8)3)6(9)10-2/h4H,1-3H3. The minimum absolute atomic E-state index is 0.232. The van der Waals surface area contributed by atoms with Crippen molar-refractivity contribution in [2.75, 3.05) is 20.4 Å². The van der Waals surface area contributed by atoms with E-state index in [2.05, 4.69) is 9.84 Å². The molecule has 0 bridgehead atoms. The van der Waals surface area contributed by atoms with Crippen LogP contribution >= 0.6 is 10.7 Å². The maximum Gasteiger partial charge on any atom is 0.346 e. The summed E-state index contributed by atoms with van der Waals surface area (Å²) in [6.07, 6.45) is 3.48. The highest BCUT2D eigenvalue weighted by atomic mass is 32.2. The molecular weight excluding hydrogens is 164 g/mol. The molecule has 1 aliphatic heterocycles. The zero-order valence-corrected chi connectivity index (χ0v) is 7.51. The van der Waals surface area contributed by atoms with E-state index < -0.39 is 0 Å². The van der Waals surface area contributed by atoms with E-state index in [-0.39, 0.29) is 16.6 Å². The molecule has 0 saturated carbocycles. The summed E-state index contributed by atoms with van der Waals surface area (Å²) in [7, 11) is 2.97. The molecule has 1 unspecified atom stereocenters. The van der Waals surface area contributed by atoms with E-state index in [9.17, 15) is 4.79 Å². The molecule has 0 saturated heterocycles. The molecule has 0 amide bonds. The predicted octanol–water partition coefficient (Wildman–Crippen LogP) is 0.0767. The number of nitrogens with zero attached hydrogens (tertiary/aromatic N) is 2. The summed E-state index contributed by atoms with van der Waals surface area (Å²) in [5.74, 6) is -0.288. The van der Waals surface area contributed by atoms with Crippen LogP contribution in [0.25, 0.3) is 0 Å². The first-order chi connectivity index (χ1) is 5.16. The molecule has 1 rings (SSSR count). The predicted molar refractivity (Wildman–Crippen MR) is 46.8 cm³/mol. The summed E-state index contributed by atoms with van der Waals surface area (Å²) in [4.78, 5) is 11.6. The third-order valence-corrected chi connectivity index (χ3v) is 3.23. The van der Waals surface area contributed by atoms with E-state index in [0.717, 1.165) is 0 Å². The molecule has 1 aliphatic rings. The Bertz CT molecular complexity index is 247. The fraction of sp³-hybridized carbons (Fsp3) is 0.500. The van der Waals surface area contributed by atoms with Crippen LogP contribution in [0.4, 0.5) is 0 Å². The molecule has 0 spiro atoms. The Balaban J connectivity index is 2.88. The smallest absolute Gasteiger partial charge is 0.346 e. The Kier molecular flexibility index (Phi) is 2.28. The van der Waals surface area contributed by atoms with Crippen molar-refractivity contribution in [2.24, 2.45) is 5.10 Å². The molecular formula is C6H10N2O2S. The zero-order chi connectivity index (χ0) is 8.43. The van der Waals surface area contributed by atoms with E-state index >= 15 is 0 Å². The fourth-order valence-corrected chi connectivity index (χ4v) is 1.69. The second-order valence-corrected chi connectivity index (χ2v) is 3.97. The number of esters is 1. The van der Waals surface area contributed by atoms with Gasteiger partial charge in [0.05, 0.1) is 13.3 Å². The van der Waals surface area contributed by atoms with Gasteiger partial charge >= 0.3 is 5.97 Å². The number of carbonyl (C=O) groups is 1. The number of rotatable bonds is 1. The van der Waals surface area contributed by atoms with Crippen molar-refractivity contribution in [3.8, 4) is 0 Å². The SMILES string of the molecule is COC(=O)C1=S(C)N(C)N=C1. The van der Waals surface area contributed by atoms with Gasteiger partial charge < -0.3 is 4.74 Å². The van der Waals surface area contributed by atoms with Crippen molar-refractivity contribution in [3.05, 3.63) is 0 Å². The van der Waals surface area contributed by atoms with Crippen molar-refractivity contribution in [1.29, 1.82) is 0 Å². The van der Waals surface area contributed by atoms with Crippen molar-refractivity contribution >= 4 is 27.7 Å². The first kappa shape index (κ1) is 8.26. The molecule has 1 atom stereocenters. The number of hydrogen-bond acceptors (Lipinski definition) is 4. The van der Waals surface area contributed by atoms with E-state index in [4.69, 9.17) is 0 Å². The summed E-state index contributed by atoms with van der Waals surface area (Å²) in [5, 5.41) is 3.95. The van der Waals surface area contributed by atoms with Crippen LogP contribution in [0.5, 0.6) is 0 Å². The molecule has 0 aliphatic carbocycles. The van der Waals surface area contributed by atoms with Gasteiger partial charge in [-0.15, -0.1) is 0 Å². The number of methoxy groups -OCH3 is 1. The highest BCUT2D eigenvalue weighted by molar-refractivity contribution is 8.15. The lowest BCUT2D eigenvalue weighted by Crippen LogP contribution is -2.15. The molecule has 0 aromatic rings. The van der Waals surface area contributed by atoms with Crippen LogP contribution in [-0.2, 0) is 9.53 Å². The van der Waals surface area contributed by atoms with E-state index in [0.29, 0.717) is 4.86 Å². The zero-order valence-electron chi connectivity index (χ0n) is 6.70. The van der Waals surface area contributed by atoms with Crippen LogP contribution in [0, 0.1) is 0 Å². The molecule has 0 fully saturated rings. The molecule has 62 valence electrons. The van der Waals surface area contributed by atoms with Crippen LogP contribution in [-0.4, -0.2) is 41.9 Å². The minimum atomic E-state index is -0.288. The van der Waals surface area contributed by atoms with Gasteiger partial charge in [-0.05, 0) is 6.26 Å². The Morgan fingerprint density at radius 1 is 1.82 bits per heavy atom. The summed E-state index contributed by atoms with van der Waals surface area (Å²) in [5.41, 5.74) is 0. The highest BCUT2D eigenvalue weighted by Gasteiger charge is 2.17. The topological polar surface area (TPSA) is 41.9 Å². The van der Waals surface area contributed by atoms with Crippen LogP contribution in [0.3, 0.4) is 0 Å². The maximum atomic E-state index is 11.0. The first-order valence-corrected chi connectivity index (χ1v) is 4.65. The average molecular weight is 174 g/mol. The maximum absolute atomic E-state index is 11.0. The molecule has 5 heteroatoms. The fourth-order valence-electron chi connectivity index (χ4n) is 0.697. The summed E-state index contributed by atoms with van der Waals surface area (Å²) in [6.45, 7) is 0. The number of ether oxygens (including phenoxy) is 1. The molecule has 0 aromatic heterocycles. The van der Waals surface area contributed by atoms with Gasteiger partial charge in [-0.25, -0.2) is 9.21 Å². The van der Waals surface area contributed by atoms with Crippen LogP contribution in [0.15, 0.2) is 5.10 Å². The summed E-state index contributed by atoms with van der Waals surface area (Å²) < 4.78 is 6.31. The minimum Gasteiger partial charge on any atom is -0.465 e. The van der Waals surface area contributed by atoms with Gasteiger partial charge in [0, 0.05) is 7.05 Å². The Labute approximate surface area is 67.9 Å². The van der Waals surface area contributed by atoms with Gasteiger partial charge in [0.15, 0.2) is 0 Å². The van der Waals surface area contributed by atoms with Crippen molar-refractivity contribution < 1.29 is 9.53 Å². The Hall–Kier alpha value is -0.840. The van der Waals surface area contributed by atoms with Gasteiger partial charge in [0.1, 0.15) is 4.86 Å². The van der Waals surface area contributed by atoms with E-state index in [1.165, 1.54) is 7.11 Å². The van der Waals surface area contributed by atoms with Crippen molar-refractivity contribution in [1.82, 2.24) is 4.41 Å². The van der Waals surface area contributed by atoms with Crippen LogP contribution in [0.2, 0.25) is 0 Å². The van der Waals surface area contributed by atoms with Gasteiger partial charge in [-0.1, -0.05) is 10.7 Å². The van der Waals surface area contributed by atoms with Gasteiger partial charge in [0.2, 0.25) is 0 Å². The normalized spacial score (nSPS) is 22.6. The van der Waals surface area contributed by atoms with Gasteiger partial charge in [0.25, 0.3) is 0 Å². The average Bonchev–Trinajstić information content (AvgIpc) is 2.32. The Morgan fingerprint density at radius 3 is 2.82 bits per heavy atom. The second-order valence-electron chi connectivity index (χ2n) is 2.04. The lowest BCUT2D eigenvalue weighted by molar-refractivity contribution is -0.132. The monoisotopic (exact) mass is 174 g/mol. The Morgan fingerprint density at radius 2 is 2.45 bits per heavy atom. The lowest BCUT2D eigenvalue weighted by atomic mass is 10.5. The largest absolute Gasteiger partial charge is 0.465 e. The van der Waals surface area contributed by atoms with Crippen LogP contribution < -0.4 is 0 Å². The molecule has 11 heavy (non-hydrogen) atoms. The van der Waals surface area contributed by atoms with E-state index in [1.807, 2.05) is 13.3 Å². The van der Waals surface area contributed by atoms with Crippen molar-refractivity contribution in [3.63, 3.8) is 0 Å². The number of hydrazone groups is 1. The quantitative estimate of drug-likeness (QED) is 0.417. The summed E-state index contributed by atoms with van der Waals surface area (Å²) in [6, 6.07) is 0. The molecule has 1 heterocycles. The number of carbonyl (C=O) groups excluding carboxylic acids is 1. The third kappa shape index (κ3) is 1.42. The highest BCUT2D eigenvalue weighted by Crippen LogP contribution is 2.19. The van der Waals surface area contributed by atoms with Crippen LogP contribution in [0.1, 0.15) is 0 Å². The molecule has 4 nitrogen and oxygen atoms in total. The van der Waals surface area contributed by atoms with E-state index in [1.54, 1.807) is 10.6 Å². The molecule has 0 aromatic carbocycles. The van der Waals surface area contributed by atoms with Gasteiger partial charge in [-0.2, -0.15) is 5.10 Å². The summed E-state index contributed by atoms with van der Waals surface area (Å²) >= 11 is 0. The third-order valence-electron chi connectivity index (χ3n) is 1.44. The molecule has 0 radical (unpaired) electrons. The molecule has 0 N–H and O–H groups in total.